The zero-order valence-electron chi connectivity index (χ0n) is 16.7. The Morgan fingerprint density at radius 2 is 1.41 bits per heavy atom. The topological polar surface area (TPSA) is 56.8 Å². The minimum absolute atomic E-state index is 0.0815. The van der Waals surface area contributed by atoms with Crippen LogP contribution in [0.4, 0.5) is 5.69 Å². The van der Waals surface area contributed by atoms with Crippen molar-refractivity contribution in [3.05, 3.63) is 72.8 Å². The number of anilines is 1. The van der Waals surface area contributed by atoms with Crippen molar-refractivity contribution in [2.75, 3.05) is 25.1 Å². The maximum Gasteiger partial charge on any atom is 0.262 e. The molecule has 0 aliphatic rings. The highest BCUT2D eigenvalue weighted by Gasteiger charge is 2.09. The van der Waals surface area contributed by atoms with E-state index in [1.807, 2.05) is 56.3 Å². The number of nitrogens with one attached hydrogen (secondary N) is 1. The third kappa shape index (κ3) is 5.75. The Morgan fingerprint density at radius 3 is 2.10 bits per heavy atom. The molecule has 5 nitrogen and oxygen atoms in total. The van der Waals surface area contributed by atoms with E-state index in [-0.39, 0.29) is 12.5 Å². The Labute approximate surface area is 171 Å². The van der Waals surface area contributed by atoms with Gasteiger partial charge in [0.1, 0.15) is 5.75 Å². The van der Waals surface area contributed by atoms with Crippen LogP contribution in [0.2, 0.25) is 0 Å². The van der Waals surface area contributed by atoms with Crippen molar-refractivity contribution in [2.24, 2.45) is 0 Å². The maximum absolute atomic E-state index is 12.2. The van der Waals surface area contributed by atoms with E-state index in [2.05, 4.69) is 17.4 Å². The van der Waals surface area contributed by atoms with Crippen LogP contribution >= 0.6 is 0 Å². The van der Waals surface area contributed by atoms with E-state index < -0.39 is 0 Å². The molecular weight excluding hydrogens is 366 g/mol. The van der Waals surface area contributed by atoms with E-state index in [4.69, 9.17) is 14.2 Å². The second kappa shape index (κ2) is 10.2. The number of benzene rings is 3. The van der Waals surface area contributed by atoms with Crippen LogP contribution < -0.4 is 19.5 Å². The average molecular weight is 391 g/mol. The molecule has 0 spiro atoms. The summed E-state index contributed by atoms with van der Waals surface area (Å²) < 4.78 is 16.7. The van der Waals surface area contributed by atoms with E-state index in [1.54, 1.807) is 18.2 Å². The molecule has 0 radical (unpaired) electrons. The van der Waals surface area contributed by atoms with E-state index >= 15 is 0 Å². The molecule has 3 aromatic rings. The van der Waals surface area contributed by atoms with Crippen molar-refractivity contribution in [3.8, 4) is 28.4 Å². The second-order valence-corrected chi connectivity index (χ2v) is 6.25. The quantitative estimate of drug-likeness (QED) is 0.547. The molecule has 1 N–H and O–H groups in total. The Bertz CT molecular complexity index is 923. The second-order valence-electron chi connectivity index (χ2n) is 6.25. The summed E-state index contributed by atoms with van der Waals surface area (Å²) in [5, 5.41) is 2.82. The van der Waals surface area contributed by atoms with Gasteiger partial charge in [0.15, 0.2) is 18.1 Å². The van der Waals surface area contributed by atoms with Crippen LogP contribution in [0, 0.1) is 0 Å². The lowest BCUT2D eigenvalue weighted by Gasteiger charge is -2.13. The number of carbonyl (C=O) groups excluding carboxylic acids is 1. The lowest BCUT2D eigenvalue weighted by molar-refractivity contribution is -0.118. The van der Waals surface area contributed by atoms with Crippen molar-refractivity contribution in [1.82, 2.24) is 0 Å². The summed E-state index contributed by atoms with van der Waals surface area (Å²) in [6.45, 7) is 4.79. The van der Waals surface area contributed by atoms with E-state index in [0.717, 1.165) is 11.1 Å². The summed E-state index contributed by atoms with van der Waals surface area (Å²) in [5.41, 5.74) is 2.86. The van der Waals surface area contributed by atoms with Gasteiger partial charge in [-0.25, -0.2) is 0 Å². The van der Waals surface area contributed by atoms with Crippen molar-refractivity contribution in [3.63, 3.8) is 0 Å². The number of hydrogen-bond donors (Lipinski definition) is 1. The summed E-state index contributed by atoms with van der Waals surface area (Å²) in [4.78, 5) is 12.2. The molecule has 29 heavy (non-hydrogen) atoms. The summed E-state index contributed by atoms with van der Waals surface area (Å²) in [6.07, 6.45) is 0. The zero-order valence-corrected chi connectivity index (χ0v) is 16.7. The Balaban J connectivity index is 1.56. The summed E-state index contributed by atoms with van der Waals surface area (Å²) >= 11 is 0. The average Bonchev–Trinajstić information content (AvgIpc) is 2.75. The first kappa shape index (κ1) is 20.3. The molecule has 0 aromatic heterocycles. The van der Waals surface area contributed by atoms with Gasteiger partial charge in [-0.2, -0.15) is 0 Å². The van der Waals surface area contributed by atoms with E-state index in [0.29, 0.717) is 36.1 Å². The maximum atomic E-state index is 12.2. The number of hydrogen-bond acceptors (Lipinski definition) is 4. The normalized spacial score (nSPS) is 10.3. The van der Waals surface area contributed by atoms with Gasteiger partial charge in [0.05, 0.1) is 13.2 Å². The van der Waals surface area contributed by atoms with E-state index in [1.165, 1.54) is 0 Å². The first-order valence-corrected chi connectivity index (χ1v) is 9.67. The third-order valence-corrected chi connectivity index (χ3v) is 4.16. The number of carbonyl (C=O) groups is 1. The molecular formula is C24H25NO4. The fourth-order valence-corrected chi connectivity index (χ4v) is 2.85. The molecule has 3 rings (SSSR count). The highest BCUT2D eigenvalue weighted by molar-refractivity contribution is 5.92. The molecule has 0 fully saturated rings. The SMILES string of the molecule is CCOc1ccc(NC(=O)COc2ccc(-c3ccccc3)cc2)cc1OCC. The number of ether oxygens (including phenoxy) is 3. The van der Waals surface area contributed by atoms with E-state index in [9.17, 15) is 4.79 Å². The number of rotatable bonds is 9. The standard InChI is InChI=1S/C24H25NO4/c1-3-27-22-15-12-20(16-23(22)28-4-2)25-24(26)17-29-21-13-10-19(11-14-21)18-8-6-5-7-9-18/h5-16H,3-4,17H2,1-2H3,(H,25,26). The van der Waals surface area contributed by atoms with Gasteiger partial charge in [0.2, 0.25) is 0 Å². The molecule has 0 aliphatic heterocycles. The highest BCUT2D eigenvalue weighted by Crippen LogP contribution is 2.30. The summed E-state index contributed by atoms with van der Waals surface area (Å²) in [6, 6.07) is 23.1. The predicted molar refractivity (Wildman–Crippen MR) is 115 cm³/mol. The van der Waals surface area contributed by atoms with Gasteiger partial charge in [-0.15, -0.1) is 0 Å². The van der Waals surface area contributed by atoms with Crippen LogP contribution in [-0.4, -0.2) is 25.7 Å². The van der Waals surface area contributed by atoms with Gasteiger partial charge in [-0.1, -0.05) is 42.5 Å². The summed E-state index contributed by atoms with van der Waals surface area (Å²) in [7, 11) is 0. The molecule has 5 heteroatoms. The smallest absolute Gasteiger partial charge is 0.262 e. The van der Waals surface area contributed by atoms with Crippen LogP contribution in [0.3, 0.4) is 0 Å². The molecule has 0 saturated heterocycles. The minimum Gasteiger partial charge on any atom is -0.490 e. The van der Waals surface area contributed by atoms with Crippen LogP contribution in [0.5, 0.6) is 17.2 Å². The molecule has 0 atom stereocenters. The monoisotopic (exact) mass is 391 g/mol. The Morgan fingerprint density at radius 1 is 0.759 bits per heavy atom. The van der Waals surface area contributed by atoms with Crippen LogP contribution in [0.1, 0.15) is 13.8 Å². The van der Waals surface area contributed by atoms with Crippen LogP contribution in [0.15, 0.2) is 72.8 Å². The minimum atomic E-state index is -0.247. The lowest BCUT2D eigenvalue weighted by Crippen LogP contribution is -2.20. The van der Waals surface area contributed by atoms with Crippen molar-refractivity contribution >= 4 is 11.6 Å². The first-order valence-electron chi connectivity index (χ1n) is 9.67. The highest BCUT2D eigenvalue weighted by atomic mass is 16.5. The molecule has 0 bridgehead atoms. The van der Waals surface area contributed by atoms with Crippen molar-refractivity contribution in [1.29, 1.82) is 0 Å². The summed E-state index contributed by atoms with van der Waals surface area (Å²) in [5.74, 6) is 1.65. The largest absolute Gasteiger partial charge is 0.490 e. The Kier molecular flexibility index (Phi) is 7.11. The molecule has 0 heterocycles. The van der Waals surface area contributed by atoms with Gasteiger partial charge in [-0.05, 0) is 49.2 Å². The van der Waals surface area contributed by atoms with Crippen LogP contribution in [0.25, 0.3) is 11.1 Å². The fraction of sp³-hybridized carbons (Fsp3) is 0.208. The van der Waals surface area contributed by atoms with Gasteiger partial charge in [-0.3, -0.25) is 4.79 Å². The first-order chi connectivity index (χ1) is 14.2. The van der Waals surface area contributed by atoms with Crippen LogP contribution in [-0.2, 0) is 4.79 Å². The lowest BCUT2D eigenvalue weighted by atomic mass is 10.1. The molecule has 150 valence electrons. The zero-order chi connectivity index (χ0) is 20.5. The van der Waals surface area contributed by atoms with Crippen molar-refractivity contribution < 1.29 is 19.0 Å². The van der Waals surface area contributed by atoms with Gasteiger partial charge < -0.3 is 19.5 Å². The molecule has 1 amide bonds. The van der Waals surface area contributed by atoms with Gasteiger partial charge in [0.25, 0.3) is 5.91 Å². The molecule has 0 aliphatic carbocycles. The molecule has 0 saturated carbocycles. The molecule has 3 aromatic carbocycles. The number of amides is 1. The van der Waals surface area contributed by atoms with Gasteiger partial charge in [0, 0.05) is 11.8 Å². The Hall–Kier alpha value is -3.47. The van der Waals surface area contributed by atoms with Crippen molar-refractivity contribution in [2.45, 2.75) is 13.8 Å². The third-order valence-electron chi connectivity index (χ3n) is 4.16. The molecule has 0 unspecified atom stereocenters. The predicted octanol–water partition coefficient (Wildman–Crippen LogP) is 5.17. The van der Waals surface area contributed by atoms with Gasteiger partial charge >= 0.3 is 0 Å². The fourth-order valence-electron chi connectivity index (χ4n) is 2.85.